The van der Waals surface area contributed by atoms with Crippen LogP contribution < -0.4 is 5.73 Å². The van der Waals surface area contributed by atoms with Gasteiger partial charge >= 0.3 is 6.18 Å². The summed E-state index contributed by atoms with van der Waals surface area (Å²) in [6.45, 7) is 0.725. The molecule has 0 aliphatic rings. The minimum absolute atomic E-state index is 0.101. The van der Waals surface area contributed by atoms with Crippen LogP contribution in [0, 0.1) is 5.92 Å². The Bertz CT molecular complexity index is 358. The van der Waals surface area contributed by atoms with E-state index in [0.29, 0.717) is 0 Å². The van der Waals surface area contributed by atoms with Crippen LogP contribution in [0.5, 0.6) is 0 Å². The molecule has 0 aliphatic heterocycles. The second kappa shape index (κ2) is 3.92. The molecule has 1 unspecified atom stereocenters. The van der Waals surface area contributed by atoms with Crippen LogP contribution in [0.15, 0.2) is 12.4 Å². The summed E-state index contributed by atoms with van der Waals surface area (Å²) >= 11 is 0. The molecule has 1 rings (SSSR count). The van der Waals surface area contributed by atoms with Crippen molar-refractivity contribution in [1.29, 1.82) is 0 Å². The number of nitrogens with two attached hydrogens (primary N) is 1. The fourth-order valence-electron chi connectivity index (χ4n) is 0.975. The van der Waals surface area contributed by atoms with Gasteiger partial charge in [0, 0.05) is 6.20 Å². The Morgan fingerprint density at radius 2 is 2.27 bits per heavy atom. The number of hydrogen-bond donors (Lipinski definition) is 1. The molecule has 0 radical (unpaired) electrons. The van der Waals surface area contributed by atoms with Crippen LogP contribution in [0.4, 0.5) is 13.2 Å². The highest BCUT2D eigenvalue weighted by Gasteiger charge is 2.36. The molecule has 1 atom stereocenters. The third-order valence-electron chi connectivity index (χ3n) is 1.94. The Morgan fingerprint density at radius 1 is 1.67 bits per heavy atom. The second-order valence-corrected chi connectivity index (χ2v) is 3.26. The Labute approximate surface area is 83.9 Å². The number of amides is 1. The number of aromatic nitrogens is 2. The summed E-state index contributed by atoms with van der Waals surface area (Å²) in [5, 5.41) is 3.61. The largest absolute Gasteiger partial charge is 0.393 e. The Morgan fingerprint density at radius 3 is 2.67 bits per heavy atom. The predicted octanol–water partition coefficient (Wildman–Crippen LogP) is 1.18. The number of carbonyl (C=O) groups is 1. The highest BCUT2D eigenvalue weighted by atomic mass is 19.4. The third-order valence-corrected chi connectivity index (χ3v) is 1.94. The van der Waals surface area contributed by atoms with Crippen LogP contribution in [0.3, 0.4) is 0 Å². The number of carbonyl (C=O) groups excluding carboxylic acids is 1. The van der Waals surface area contributed by atoms with Crippen molar-refractivity contribution in [3.63, 3.8) is 0 Å². The molecule has 0 aliphatic carbocycles. The molecule has 0 saturated carbocycles. The molecule has 0 saturated heterocycles. The smallest absolute Gasteiger partial charge is 0.366 e. The van der Waals surface area contributed by atoms with Gasteiger partial charge in [-0.3, -0.25) is 9.48 Å². The fourth-order valence-corrected chi connectivity index (χ4v) is 0.975. The molecule has 0 aromatic carbocycles. The lowest BCUT2D eigenvalue weighted by molar-refractivity contribution is -0.173. The average Bonchev–Trinajstić information content (AvgIpc) is 2.50. The Balaban J connectivity index is 2.69. The Hall–Kier alpha value is -1.53. The third kappa shape index (κ3) is 2.97. The fraction of sp³-hybridized carbons (Fsp3) is 0.500. The van der Waals surface area contributed by atoms with Gasteiger partial charge in [-0.1, -0.05) is 6.92 Å². The zero-order valence-electron chi connectivity index (χ0n) is 7.95. The lowest BCUT2D eigenvalue weighted by Gasteiger charge is -2.14. The minimum Gasteiger partial charge on any atom is -0.366 e. The van der Waals surface area contributed by atoms with E-state index in [2.05, 4.69) is 5.10 Å². The average molecular weight is 221 g/mol. The van der Waals surface area contributed by atoms with Crippen molar-refractivity contribution >= 4 is 5.91 Å². The van der Waals surface area contributed by atoms with Gasteiger partial charge in [0.15, 0.2) is 0 Å². The van der Waals surface area contributed by atoms with Gasteiger partial charge in [0.1, 0.15) is 0 Å². The number of nitrogens with zero attached hydrogens (tertiary/aromatic N) is 2. The SMILES string of the molecule is CC(Cn1cc(C(N)=O)cn1)C(F)(F)F. The van der Waals surface area contributed by atoms with E-state index in [0.717, 1.165) is 17.8 Å². The summed E-state index contributed by atoms with van der Waals surface area (Å²) in [5.41, 5.74) is 5.03. The Kier molecular flexibility index (Phi) is 3.01. The van der Waals surface area contributed by atoms with E-state index in [-0.39, 0.29) is 12.1 Å². The molecule has 1 amide bonds. The van der Waals surface area contributed by atoms with E-state index in [9.17, 15) is 18.0 Å². The molecule has 7 heteroatoms. The summed E-state index contributed by atoms with van der Waals surface area (Å²) in [4.78, 5) is 10.6. The van der Waals surface area contributed by atoms with Gasteiger partial charge in [-0.2, -0.15) is 18.3 Å². The molecule has 0 spiro atoms. The van der Waals surface area contributed by atoms with E-state index in [1.807, 2.05) is 0 Å². The summed E-state index contributed by atoms with van der Waals surface area (Å²) < 4.78 is 37.6. The van der Waals surface area contributed by atoms with Crippen LogP contribution in [-0.4, -0.2) is 21.9 Å². The maximum absolute atomic E-state index is 12.2. The van der Waals surface area contributed by atoms with Crippen molar-refractivity contribution in [2.75, 3.05) is 0 Å². The minimum atomic E-state index is -4.27. The van der Waals surface area contributed by atoms with Gasteiger partial charge in [0.2, 0.25) is 0 Å². The van der Waals surface area contributed by atoms with Crippen molar-refractivity contribution in [2.45, 2.75) is 19.6 Å². The van der Waals surface area contributed by atoms with E-state index in [4.69, 9.17) is 5.73 Å². The molecule has 1 aromatic rings. The molecule has 84 valence electrons. The summed E-state index contributed by atoms with van der Waals surface area (Å²) in [6.07, 6.45) is -1.92. The van der Waals surface area contributed by atoms with E-state index in [1.165, 1.54) is 6.20 Å². The molecule has 1 aromatic heterocycles. The standard InChI is InChI=1S/C8H10F3N3O/c1-5(8(9,10)11)3-14-4-6(2-13-14)7(12)15/h2,4-5H,3H2,1H3,(H2,12,15). The van der Waals surface area contributed by atoms with Gasteiger partial charge in [-0.15, -0.1) is 0 Å². The zero-order valence-corrected chi connectivity index (χ0v) is 7.95. The zero-order chi connectivity index (χ0) is 11.6. The summed E-state index contributed by atoms with van der Waals surface area (Å²) in [6, 6.07) is 0. The molecular weight excluding hydrogens is 211 g/mol. The van der Waals surface area contributed by atoms with Gasteiger partial charge < -0.3 is 5.73 Å². The van der Waals surface area contributed by atoms with Gasteiger partial charge in [0.05, 0.1) is 24.2 Å². The maximum atomic E-state index is 12.2. The predicted molar refractivity (Wildman–Crippen MR) is 46.0 cm³/mol. The van der Waals surface area contributed by atoms with Crippen LogP contribution >= 0.6 is 0 Å². The summed E-state index contributed by atoms with van der Waals surface area (Å²) in [7, 11) is 0. The van der Waals surface area contributed by atoms with Crippen LogP contribution in [0.25, 0.3) is 0 Å². The molecule has 1 heterocycles. The normalized spacial score (nSPS) is 13.9. The van der Waals surface area contributed by atoms with Gasteiger partial charge in [0.25, 0.3) is 5.91 Å². The summed E-state index contributed by atoms with van der Waals surface area (Å²) in [5.74, 6) is -2.22. The quantitative estimate of drug-likeness (QED) is 0.833. The topological polar surface area (TPSA) is 60.9 Å². The monoisotopic (exact) mass is 221 g/mol. The molecular formula is C8H10F3N3O. The lowest BCUT2D eigenvalue weighted by Crippen LogP contribution is -2.24. The van der Waals surface area contributed by atoms with Gasteiger partial charge in [-0.05, 0) is 0 Å². The number of halogens is 3. The molecule has 15 heavy (non-hydrogen) atoms. The molecule has 4 nitrogen and oxygen atoms in total. The van der Waals surface area contributed by atoms with Crippen molar-refractivity contribution in [3.05, 3.63) is 18.0 Å². The highest BCUT2D eigenvalue weighted by molar-refractivity contribution is 5.92. The second-order valence-electron chi connectivity index (χ2n) is 3.26. The van der Waals surface area contributed by atoms with Crippen LogP contribution in [-0.2, 0) is 6.54 Å². The number of hydrogen-bond acceptors (Lipinski definition) is 2. The molecule has 2 N–H and O–H groups in total. The van der Waals surface area contributed by atoms with Gasteiger partial charge in [-0.25, -0.2) is 0 Å². The first-order chi connectivity index (χ1) is 6.80. The first-order valence-corrected chi connectivity index (χ1v) is 4.19. The van der Waals surface area contributed by atoms with E-state index < -0.39 is 18.0 Å². The first kappa shape index (κ1) is 11.5. The molecule has 0 fully saturated rings. The lowest BCUT2D eigenvalue weighted by atomic mass is 10.2. The molecule has 0 bridgehead atoms. The van der Waals surface area contributed by atoms with Crippen molar-refractivity contribution < 1.29 is 18.0 Å². The van der Waals surface area contributed by atoms with Crippen molar-refractivity contribution in [1.82, 2.24) is 9.78 Å². The van der Waals surface area contributed by atoms with Crippen molar-refractivity contribution in [3.8, 4) is 0 Å². The van der Waals surface area contributed by atoms with E-state index in [1.54, 1.807) is 0 Å². The van der Waals surface area contributed by atoms with E-state index >= 15 is 0 Å². The maximum Gasteiger partial charge on any atom is 0.393 e. The number of alkyl halides is 3. The van der Waals surface area contributed by atoms with Crippen molar-refractivity contribution in [2.24, 2.45) is 11.7 Å². The van der Waals surface area contributed by atoms with Crippen LogP contribution in [0.2, 0.25) is 0 Å². The number of rotatable bonds is 3. The highest BCUT2D eigenvalue weighted by Crippen LogP contribution is 2.26. The first-order valence-electron chi connectivity index (χ1n) is 4.19. The van der Waals surface area contributed by atoms with Crippen LogP contribution in [0.1, 0.15) is 17.3 Å². The number of primary amides is 1.